The second-order valence-electron chi connectivity index (χ2n) is 4.86. The van der Waals surface area contributed by atoms with Gasteiger partial charge in [0.2, 0.25) is 0 Å². The Morgan fingerprint density at radius 3 is 1.88 bits per heavy atom. The zero-order valence-corrected chi connectivity index (χ0v) is 13.5. The van der Waals surface area contributed by atoms with Gasteiger partial charge < -0.3 is 0 Å². The predicted molar refractivity (Wildman–Crippen MR) is 68.2 cm³/mol. The van der Waals surface area contributed by atoms with Gasteiger partial charge in [-0.15, -0.1) is 0 Å². The molecule has 2 aliphatic carbocycles. The molecule has 0 saturated carbocycles. The van der Waals surface area contributed by atoms with E-state index in [1.54, 1.807) is 0 Å². The van der Waals surface area contributed by atoms with E-state index in [0.717, 1.165) is 12.8 Å². The summed E-state index contributed by atoms with van der Waals surface area (Å²) in [5.74, 6) is 0.273. The molecule has 0 heterocycles. The quantitative estimate of drug-likeness (QED) is 0.747. The van der Waals surface area contributed by atoms with Gasteiger partial charge in [0, 0.05) is 32.1 Å². The van der Waals surface area contributed by atoms with Crippen LogP contribution in [0.3, 0.4) is 0 Å². The Balaban J connectivity index is 0.00000144. The van der Waals surface area contributed by atoms with Gasteiger partial charge in [0.25, 0.3) is 0 Å². The van der Waals surface area contributed by atoms with Gasteiger partial charge >= 0.3 is 0 Å². The van der Waals surface area contributed by atoms with Crippen LogP contribution in [-0.2, 0) is 30.5 Å². The van der Waals surface area contributed by atoms with Crippen molar-refractivity contribution in [2.24, 2.45) is 5.92 Å². The summed E-state index contributed by atoms with van der Waals surface area (Å²) in [6, 6.07) is 0. The zero-order valence-electron chi connectivity index (χ0n) is 10.2. The van der Waals surface area contributed by atoms with Crippen LogP contribution in [0.2, 0.25) is 0 Å². The van der Waals surface area contributed by atoms with E-state index >= 15 is 0 Å². The zero-order chi connectivity index (χ0) is 11.6. The molecule has 0 radical (unpaired) electrons. The van der Waals surface area contributed by atoms with Crippen molar-refractivity contribution < 1.29 is 30.5 Å². The van der Waals surface area contributed by atoms with E-state index in [0.29, 0.717) is 0 Å². The van der Waals surface area contributed by atoms with Crippen LogP contribution in [0.5, 0.6) is 0 Å². The third-order valence-electron chi connectivity index (χ3n) is 3.24. The van der Waals surface area contributed by atoms with Gasteiger partial charge in [-0.05, 0) is 26.7 Å². The molecule has 2 rings (SSSR count). The molecule has 1 nitrogen and oxygen atoms in total. The largest absolute Gasteiger partial charge is 0.272 e. The Morgan fingerprint density at radius 2 is 1.59 bits per heavy atom. The maximum Gasteiger partial charge on any atom is 0.0943 e. The Bertz CT molecular complexity index is 361. The van der Waals surface area contributed by atoms with Gasteiger partial charge in [-0.3, -0.25) is 4.29 Å². The monoisotopic (exact) mass is 326 g/mol. The fraction of sp³-hybridized carbons (Fsp3) is 0.429. The normalized spacial score (nSPS) is 18.4. The van der Waals surface area contributed by atoms with Crippen LogP contribution in [0.4, 0.5) is 0 Å². The summed E-state index contributed by atoms with van der Waals surface area (Å²) in [4.78, 5) is 0. The Labute approximate surface area is 128 Å². The first-order valence-corrected chi connectivity index (χ1v) is 5.97. The summed E-state index contributed by atoms with van der Waals surface area (Å²) < 4.78 is 5.16. The third-order valence-corrected chi connectivity index (χ3v) is 3.63. The molecule has 0 unspecified atom stereocenters. The molecule has 0 aromatic heterocycles. The number of halogens is 1. The van der Waals surface area contributed by atoms with Crippen molar-refractivity contribution in [1.82, 2.24) is 0 Å². The molecule has 0 aliphatic heterocycles. The van der Waals surface area contributed by atoms with E-state index in [2.05, 4.69) is 36.5 Å². The van der Waals surface area contributed by atoms with Gasteiger partial charge in [0.1, 0.15) is 0 Å². The van der Waals surface area contributed by atoms with Crippen LogP contribution in [0.1, 0.15) is 26.7 Å². The molecule has 0 saturated heterocycles. The van der Waals surface area contributed by atoms with Gasteiger partial charge in [-0.1, -0.05) is 47.6 Å². The molecule has 0 fully saturated rings. The van der Waals surface area contributed by atoms with Crippen molar-refractivity contribution >= 4 is 11.9 Å². The molecular weight excluding hydrogens is 311 g/mol. The molecule has 0 aromatic carbocycles. The topological polar surface area (TPSA) is 9.23 Å². The standard InChI is InChI=1S/C14H17ClO.Zr/c1-14(2,16-15)13(11-7-3-4-8-11)12-9-5-6-10-12;/h3-7,9,13H,8,10H2,1-2H3;. The SMILES string of the molecule is CC(C)(OCl)C(C1=CC=CC1)C1=CC=CC1.[Zr]. The van der Waals surface area contributed by atoms with Crippen molar-refractivity contribution in [3.63, 3.8) is 0 Å². The number of hydrogen-bond donors (Lipinski definition) is 0. The summed E-state index contributed by atoms with van der Waals surface area (Å²) in [5, 5.41) is 0. The molecule has 0 atom stereocenters. The van der Waals surface area contributed by atoms with E-state index in [9.17, 15) is 0 Å². The number of rotatable bonds is 4. The minimum Gasteiger partial charge on any atom is -0.272 e. The summed E-state index contributed by atoms with van der Waals surface area (Å²) in [6.45, 7) is 4.09. The van der Waals surface area contributed by atoms with Crippen LogP contribution >= 0.6 is 11.9 Å². The Hall–Kier alpha value is 0.0931. The molecule has 0 aromatic rings. The van der Waals surface area contributed by atoms with Gasteiger partial charge in [0.05, 0.1) is 17.5 Å². The van der Waals surface area contributed by atoms with Crippen LogP contribution in [0.15, 0.2) is 47.6 Å². The Kier molecular flexibility index (Phi) is 5.63. The first-order valence-electron chi connectivity index (χ1n) is 5.66. The van der Waals surface area contributed by atoms with Crippen LogP contribution in [-0.4, -0.2) is 5.60 Å². The second kappa shape index (κ2) is 6.32. The minimum atomic E-state index is -0.364. The molecule has 0 spiro atoms. The van der Waals surface area contributed by atoms with E-state index in [1.165, 1.54) is 11.1 Å². The molecule has 3 heteroatoms. The van der Waals surface area contributed by atoms with Crippen molar-refractivity contribution in [2.75, 3.05) is 0 Å². The van der Waals surface area contributed by atoms with E-state index in [4.69, 9.17) is 16.2 Å². The first kappa shape index (κ1) is 15.2. The average Bonchev–Trinajstić information content (AvgIpc) is 2.90. The van der Waals surface area contributed by atoms with E-state index < -0.39 is 0 Å². The fourth-order valence-electron chi connectivity index (χ4n) is 2.53. The molecule has 0 amide bonds. The van der Waals surface area contributed by atoms with E-state index in [-0.39, 0.29) is 37.7 Å². The fourth-order valence-corrected chi connectivity index (χ4v) is 2.62. The molecule has 0 N–H and O–H groups in total. The number of allylic oxidation sites excluding steroid dienone is 6. The second-order valence-corrected chi connectivity index (χ2v) is 5.02. The summed E-state index contributed by atoms with van der Waals surface area (Å²) >= 11 is 5.65. The van der Waals surface area contributed by atoms with Crippen LogP contribution < -0.4 is 0 Å². The van der Waals surface area contributed by atoms with Crippen molar-refractivity contribution in [3.8, 4) is 0 Å². The van der Waals surface area contributed by atoms with Crippen molar-refractivity contribution in [2.45, 2.75) is 32.3 Å². The maximum atomic E-state index is 5.65. The van der Waals surface area contributed by atoms with Gasteiger partial charge in [0.15, 0.2) is 0 Å². The average molecular weight is 328 g/mol. The number of hydrogen-bond acceptors (Lipinski definition) is 1. The first-order chi connectivity index (χ1) is 7.65. The van der Waals surface area contributed by atoms with Crippen molar-refractivity contribution in [1.29, 1.82) is 0 Å². The molecule has 90 valence electrons. The third kappa shape index (κ3) is 3.31. The van der Waals surface area contributed by atoms with Crippen LogP contribution in [0, 0.1) is 5.92 Å². The van der Waals surface area contributed by atoms with E-state index in [1.807, 2.05) is 13.8 Å². The summed E-state index contributed by atoms with van der Waals surface area (Å²) in [6.07, 6.45) is 14.9. The maximum absolute atomic E-state index is 5.65. The molecule has 17 heavy (non-hydrogen) atoms. The predicted octanol–water partition coefficient (Wildman–Crippen LogP) is 4.32. The van der Waals surface area contributed by atoms with Crippen molar-refractivity contribution in [3.05, 3.63) is 47.6 Å². The summed E-state index contributed by atoms with van der Waals surface area (Å²) in [5.41, 5.74) is 2.42. The van der Waals surface area contributed by atoms with Gasteiger partial charge in [-0.25, -0.2) is 0 Å². The smallest absolute Gasteiger partial charge is 0.0943 e. The molecule has 2 aliphatic rings. The molecule has 0 bridgehead atoms. The Morgan fingerprint density at radius 1 is 1.12 bits per heavy atom. The molecular formula is C14H17ClOZr. The van der Waals surface area contributed by atoms with Gasteiger partial charge in [-0.2, -0.15) is 0 Å². The van der Waals surface area contributed by atoms with Crippen LogP contribution in [0.25, 0.3) is 0 Å². The summed E-state index contributed by atoms with van der Waals surface area (Å²) in [7, 11) is 0. The minimum absolute atomic E-state index is 0.